The fourth-order valence-electron chi connectivity index (χ4n) is 3.47. The van der Waals surface area contributed by atoms with Crippen LogP contribution in [0.1, 0.15) is 17.5 Å². The second-order valence-electron chi connectivity index (χ2n) is 7.30. The van der Waals surface area contributed by atoms with Crippen molar-refractivity contribution < 1.29 is 37.0 Å². The molecule has 1 atom stereocenters. The molecule has 0 spiro atoms. The van der Waals surface area contributed by atoms with Crippen LogP contribution < -0.4 is 10.2 Å². The van der Waals surface area contributed by atoms with E-state index in [0.717, 1.165) is 35.5 Å². The van der Waals surface area contributed by atoms with Crippen LogP contribution in [0, 0.1) is 5.82 Å². The largest absolute Gasteiger partial charge is 0.418 e. The molecule has 0 aliphatic carbocycles. The predicted molar refractivity (Wildman–Crippen MR) is 108 cm³/mol. The Bertz CT molecular complexity index is 1230. The lowest BCUT2D eigenvalue weighted by atomic mass is 10.2. The molecule has 0 radical (unpaired) electrons. The van der Waals surface area contributed by atoms with Gasteiger partial charge in [0.15, 0.2) is 0 Å². The summed E-state index contributed by atoms with van der Waals surface area (Å²) in [5.74, 6) is -4.20. The van der Waals surface area contributed by atoms with Gasteiger partial charge in [0.1, 0.15) is 11.5 Å². The van der Waals surface area contributed by atoms with E-state index in [1.54, 1.807) is 0 Å². The smallest absolute Gasteiger partial charge is 0.407 e. The molecule has 1 aromatic carbocycles. The Balaban J connectivity index is 1.47. The Kier molecular flexibility index (Phi) is 5.66. The second kappa shape index (κ2) is 8.19. The highest BCUT2D eigenvalue weighted by atomic mass is 35.5. The monoisotopic (exact) mass is 486 g/mol. The van der Waals surface area contributed by atoms with Gasteiger partial charge < -0.3 is 25.0 Å². The summed E-state index contributed by atoms with van der Waals surface area (Å²) >= 11 is 5.74. The molecular formula is C20H15ClF4N4O4. The van der Waals surface area contributed by atoms with Crippen molar-refractivity contribution in [3.63, 3.8) is 0 Å². The predicted octanol–water partition coefficient (Wildman–Crippen LogP) is 3.73. The molecule has 2 aromatic heterocycles. The van der Waals surface area contributed by atoms with E-state index in [9.17, 15) is 32.3 Å². The third-order valence-electron chi connectivity index (χ3n) is 5.01. The summed E-state index contributed by atoms with van der Waals surface area (Å²) in [7, 11) is 0. The third kappa shape index (κ3) is 4.57. The Hall–Kier alpha value is -3.38. The molecule has 0 unspecified atom stereocenters. The molecule has 33 heavy (non-hydrogen) atoms. The van der Waals surface area contributed by atoms with Gasteiger partial charge in [-0.05, 0) is 29.8 Å². The molecule has 4 rings (SSSR count). The first-order valence-corrected chi connectivity index (χ1v) is 9.84. The average molecular weight is 487 g/mol. The Morgan fingerprint density at radius 1 is 1.33 bits per heavy atom. The number of benzene rings is 1. The first-order valence-electron chi connectivity index (χ1n) is 9.47. The SMILES string of the molecule is O=C(NCc1cc(F)cc(Cl)c1)O[C@]1(O)CCN(c2cnc3[nH]cc(C(F)(F)F)c3c2)C1=O. The van der Waals surface area contributed by atoms with Gasteiger partial charge in [0.2, 0.25) is 0 Å². The molecule has 174 valence electrons. The first-order chi connectivity index (χ1) is 15.5. The number of alkyl carbamates (subject to hydrolysis) is 1. The van der Waals surface area contributed by atoms with E-state index in [4.69, 9.17) is 16.3 Å². The number of alkyl halides is 3. The zero-order valence-corrected chi connectivity index (χ0v) is 17.3. The van der Waals surface area contributed by atoms with Crippen LogP contribution >= 0.6 is 11.6 Å². The number of ether oxygens (including phenoxy) is 1. The van der Waals surface area contributed by atoms with E-state index in [0.29, 0.717) is 5.56 Å². The molecule has 13 heteroatoms. The van der Waals surface area contributed by atoms with Crippen molar-refractivity contribution in [3.05, 3.63) is 58.6 Å². The fourth-order valence-corrected chi connectivity index (χ4v) is 3.72. The molecule has 8 nitrogen and oxygen atoms in total. The van der Waals surface area contributed by atoms with Gasteiger partial charge in [0.25, 0.3) is 11.7 Å². The Morgan fingerprint density at radius 3 is 2.79 bits per heavy atom. The number of amides is 2. The van der Waals surface area contributed by atoms with E-state index in [1.807, 2.05) is 0 Å². The minimum atomic E-state index is -4.64. The molecule has 1 aliphatic rings. The van der Waals surface area contributed by atoms with Crippen molar-refractivity contribution in [2.24, 2.45) is 0 Å². The van der Waals surface area contributed by atoms with Crippen molar-refractivity contribution in [3.8, 4) is 0 Å². The number of aromatic nitrogens is 2. The maximum atomic E-state index is 13.4. The van der Waals surface area contributed by atoms with Gasteiger partial charge in [-0.1, -0.05) is 11.6 Å². The zero-order chi connectivity index (χ0) is 24.0. The minimum Gasteiger partial charge on any atom is -0.407 e. The molecular weight excluding hydrogens is 472 g/mol. The number of pyridine rings is 1. The topological polar surface area (TPSA) is 108 Å². The number of hydrogen-bond acceptors (Lipinski definition) is 5. The molecule has 3 heterocycles. The van der Waals surface area contributed by atoms with Crippen LogP contribution in [0.5, 0.6) is 0 Å². The van der Waals surface area contributed by atoms with Crippen molar-refractivity contribution >= 4 is 40.3 Å². The summed E-state index contributed by atoms with van der Waals surface area (Å²) in [6.45, 7) is -0.334. The van der Waals surface area contributed by atoms with E-state index >= 15 is 0 Å². The zero-order valence-electron chi connectivity index (χ0n) is 16.5. The van der Waals surface area contributed by atoms with Crippen molar-refractivity contribution in [2.45, 2.75) is 24.9 Å². The van der Waals surface area contributed by atoms with E-state index in [-0.39, 0.29) is 41.3 Å². The number of carbonyl (C=O) groups excluding carboxylic acids is 2. The summed E-state index contributed by atoms with van der Waals surface area (Å²) in [5, 5.41) is 12.7. The number of nitrogens with zero attached hydrogens (tertiary/aromatic N) is 2. The van der Waals surface area contributed by atoms with Crippen LogP contribution in [0.2, 0.25) is 5.02 Å². The summed E-state index contributed by atoms with van der Waals surface area (Å²) in [6, 6.07) is 4.72. The number of fused-ring (bicyclic) bond motifs is 1. The Morgan fingerprint density at radius 2 is 2.09 bits per heavy atom. The highest BCUT2D eigenvalue weighted by Crippen LogP contribution is 2.37. The van der Waals surface area contributed by atoms with Crippen molar-refractivity contribution in [1.82, 2.24) is 15.3 Å². The fraction of sp³-hybridized carbons (Fsp3) is 0.250. The summed E-state index contributed by atoms with van der Waals surface area (Å²) in [4.78, 5) is 32.1. The van der Waals surface area contributed by atoms with E-state index in [1.165, 1.54) is 6.07 Å². The lowest BCUT2D eigenvalue weighted by Crippen LogP contribution is -2.46. The maximum Gasteiger partial charge on any atom is 0.418 e. The maximum absolute atomic E-state index is 13.4. The number of anilines is 1. The van der Waals surface area contributed by atoms with Crippen LogP contribution in [-0.4, -0.2) is 39.4 Å². The number of aliphatic hydroxyl groups is 1. The number of carbonyl (C=O) groups is 2. The van der Waals surface area contributed by atoms with Gasteiger partial charge >= 0.3 is 12.3 Å². The molecule has 1 aliphatic heterocycles. The summed E-state index contributed by atoms with van der Waals surface area (Å²) < 4.78 is 57.8. The number of H-pyrrole nitrogens is 1. The highest BCUT2D eigenvalue weighted by Gasteiger charge is 2.50. The highest BCUT2D eigenvalue weighted by molar-refractivity contribution is 6.30. The van der Waals surface area contributed by atoms with Gasteiger partial charge in [0.05, 0.1) is 17.4 Å². The van der Waals surface area contributed by atoms with Crippen molar-refractivity contribution in [1.29, 1.82) is 0 Å². The Labute approximate surface area is 188 Å². The van der Waals surface area contributed by atoms with Crippen molar-refractivity contribution in [2.75, 3.05) is 11.4 Å². The first kappa shape index (κ1) is 22.8. The molecule has 3 aromatic rings. The van der Waals surface area contributed by atoms with Crippen LogP contribution in [-0.2, 0) is 22.3 Å². The quantitative estimate of drug-likeness (QED) is 0.385. The number of aromatic amines is 1. The van der Waals surface area contributed by atoms with E-state index < -0.39 is 35.3 Å². The van der Waals surface area contributed by atoms with E-state index in [2.05, 4.69) is 15.3 Å². The van der Waals surface area contributed by atoms with Crippen LogP contribution in [0.15, 0.2) is 36.7 Å². The van der Waals surface area contributed by atoms with Gasteiger partial charge in [0, 0.05) is 36.1 Å². The summed E-state index contributed by atoms with van der Waals surface area (Å²) in [5.41, 5.74) is -0.676. The number of halogens is 5. The molecule has 0 saturated carbocycles. The molecule has 3 N–H and O–H groups in total. The third-order valence-corrected chi connectivity index (χ3v) is 5.23. The lowest BCUT2D eigenvalue weighted by molar-refractivity contribution is -0.175. The van der Waals surface area contributed by atoms with Gasteiger partial charge in [-0.2, -0.15) is 13.2 Å². The molecule has 2 amide bonds. The minimum absolute atomic E-state index is 0.00747. The van der Waals surface area contributed by atoms with Crippen LogP contribution in [0.25, 0.3) is 11.0 Å². The van der Waals surface area contributed by atoms with Gasteiger partial charge in [-0.15, -0.1) is 0 Å². The molecule has 1 saturated heterocycles. The molecule has 1 fully saturated rings. The number of hydrogen-bond donors (Lipinski definition) is 3. The normalized spacial score (nSPS) is 18.7. The van der Waals surface area contributed by atoms with Crippen LogP contribution in [0.3, 0.4) is 0 Å². The number of rotatable bonds is 4. The van der Waals surface area contributed by atoms with Crippen LogP contribution in [0.4, 0.5) is 28.0 Å². The summed E-state index contributed by atoms with van der Waals surface area (Å²) in [6.07, 6.45) is -4.20. The number of nitrogens with one attached hydrogen (secondary N) is 2. The standard InChI is InChI=1S/C20H15ClF4N4O4/c21-11-3-10(4-12(22)5-11)7-28-18(31)33-19(32)1-2-29(17(19)30)13-6-14-15(20(23,24)25)9-27-16(14)26-8-13/h3-6,8-9,32H,1-2,7H2,(H,26,27)(H,28,31)/t19-/m1/s1. The van der Waals surface area contributed by atoms with Gasteiger partial charge in [-0.3, -0.25) is 4.79 Å². The second-order valence-corrected chi connectivity index (χ2v) is 7.74. The molecule has 0 bridgehead atoms. The van der Waals surface area contributed by atoms with Gasteiger partial charge in [-0.25, -0.2) is 14.2 Å². The average Bonchev–Trinajstić information content (AvgIpc) is 3.27. The lowest BCUT2D eigenvalue weighted by Gasteiger charge is -2.22.